The number of H-pyrrole nitrogens is 1. The Morgan fingerprint density at radius 1 is 0.907 bits per heavy atom. The molecule has 3 heterocycles. The molecule has 0 amide bonds. The molecule has 6 rings (SSSR count). The predicted molar refractivity (Wildman–Crippen MR) is 170 cm³/mol. The Morgan fingerprint density at radius 2 is 1.53 bits per heavy atom. The van der Waals surface area contributed by atoms with Gasteiger partial charge in [-0.2, -0.15) is 0 Å². The van der Waals surface area contributed by atoms with Crippen molar-refractivity contribution in [1.29, 1.82) is 0 Å². The molecule has 5 aromatic rings. The number of aromatic amines is 1. The molecule has 1 aliphatic rings. The van der Waals surface area contributed by atoms with Crippen LogP contribution in [-0.2, 0) is 19.3 Å². The van der Waals surface area contributed by atoms with Gasteiger partial charge in [0.1, 0.15) is 11.6 Å². The van der Waals surface area contributed by atoms with E-state index in [0.717, 1.165) is 11.7 Å². The number of nitrogens with zero attached hydrogens (tertiary/aromatic N) is 3. The van der Waals surface area contributed by atoms with Crippen molar-refractivity contribution in [3.8, 4) is 28.5 Å². The molecule has 3 aromatic carbocycles. The lowest BCUT2D eigenvalue weighted by Crippen LogP contribution is -2.41. The molecule has 1 saturated heterocycles. The van der Waals surface area contributed by atoms with E-state index in [1.807, 2.05) is 52.0 Å². The first-order valence-corrected chi connectivity index (χ1v) is 15.8. The van der Waals surface area contributed by atoms with E-state index in [1.54, 1.807) is 53.1 Å². The van der Waals surface area contributed by atoms with Gasteiger partial charge in [-0.25, -0.2) is 18.4 Å². The van der Waals surface area contributed by atoms with Crippen molar-refractivity contribution in [3.63, 3.8) is 0 Å². The van der Waals surface area contributed by atoms with Crippen LogP contribution in [0.2, 0.25) is 5.02 Å². The van der Waals surface area contributed by atoms with Gasteiger partial charge in [0.15, 0.2) is 11.2 Å². The summed E-state index contributed by atoms with van der Waals surface area (Å²) < 4.78 is 40.4. The first kappa shape index (κ1) is 29.1. The maximum absolute atomic E-state index is 13.4. The Labute approximate surface area is 254 Å². The molecule has 43 heavy (non-hydrogen) atoms. The Morgan fingerprint density at radius 3 is 2.16 bits per heavy atom. The number of anilines is 1. The highest BCUT2D eigenvalue weighted by Gasteiger charge is 2.51. The van der Waals surface area contributed by atoms with Gasteiger partial charge in [0.25, 0.3) is 5.56 Å². The first-order chi connectivity index (χ1) is 20.2. The maximum atomic E-state index is 13.4. The van der Waals surface area contributed by atoms with Crippen LogP contribution in [0.1, 0.15) is 27.7 Å². The average molecular weight is 618 g/mol. The largest absolute Gasteiger partial charge is 0.494 e. The van der Waals surface area contributed by atoms with Gasteiger partial charge in [-0.15, -0.1) is 0 Å². The molecule has 0 aliphatic carbocycles. The number of aromatic nitrogens is 4. The summed E-state index contributed by atoms with van der Waals surface area (Å²) in [6.45, 7) is 8.00. The average Bonchev–Trinajstić information content (AvgIpc) is 3.42. The maximum Gasteiger partial charge on any atom is 0.494 e. The normalized spacial score (nSPS) is 16.1. The Hall–Kier alpha value is -3.97. The number of rotatable bonds is 6. The zero-order valence-corrected chi connectivity index (χ0v) is 25.7. The Bertz CT molecular complexity index is 2010. The molecule has 10 nitrogen and oxygen atoms in total. The summed E-state index contributed by atoms with van der Waals surface area (Å²) in [5.41, 5.74) is 2.19. The van der Waals surface area contributed by atoms with Gasteiger partial charge in [0.05, 0.1) is 28.8 Å². The van der Waals surface area contributed by atoms with E-state index in [-0.39, 0.29) is 5.52 Å². The third-order valence-electron chi connectivity index (χ3n) is 7.74. The van der Waals surface area contributed by atoms with Crippen molar-refractivity contribution in [3.05, 3.63) is 88.2 Å². The van der Waals surface area contributed by atoms with Crippen molar-refractivity contribution < 1.29 is 17.7 Å². The number of fused-ring (bicyclic) bond motifs is 1. The van der Waals surface area contributed by atoms with Gasteiger partial charge in [0.2, 0.25) is 10.0 Å². The number of hydrogen-bond acceptors (Lipinski definition) is 7. The van der Waals surface area contributed by atoms with Gasteiger partial charge in [-0.1, -0.05) is 41.9 Å². The van der Waals surface area contributed by atoms with Crippen molar-refractivity contribution in [2.24, 2.45) is 0 Å². The van der Waals surface area contributed by atoms with Crippen LogP contribution in [0.15, 0.2) is 77.6 Å². The summed E-state index contributed by atoms with van der Waals surface area (Å²) in [4.78, 5) is 25.8. The molecule has 0 saturated carbocycles. The minimum atomic E-state index is -3.52. The lowest BCUT2D eigenvalue weighted by Gasteiger charge is -2.32. The third kappa shape index (κ3) is 5.59. The second-order valence-electron chi connectivity index (χ2n) is 11.5. The number of benzene rings is 3. The minimum absolute atomic E-state index is 0.129. The highest BCUT2D eigenvalue weighted by atomic mass is 35.5. The fourth-order valence-corrected chi connectivity index (χ4v) is 5.52. The number of sulfonamides is 1. The van der Waals surface area contributed by atoms with E-state index in [1.165, 1.54) is 0 Å². The smallest absolute Gasteiger partial charge is 0.399 e. The van der Waals surface area contributed by atoms with Crippen molar-refractivity contribution in [2.45, 2.75) is 38.9 Å². The zero-order chi connectivity index (χ0) is 30.7. The third-order valence-corrected chi connectivity index (χ3v) is 8.60. The van der Waals surface area contributed by atoms with Crippen LogP contribution in [-0.4, -0.2) is 52.5 Å². The first-order valence-electron chi connectivity index (χ1n) is 13.5. The lowest BCUT2D eigenvalue weighted by atomic mass is 9.79. The van der Waals surface area contributed by atoms with Gasteiger partial charge in [-0.3, -0.25) is 14.1 Å². The van der Waals surface area contributed by atoms with Crippen molar-refractivity contribution in [2.75, 3.05) is 11.0 Å². The van der Waals surface area contributed by atoms with Crippen molar-refractivity contribution >= 4 is 51.1 Å². The van der Waals surface area contributed by atoms with Crippen molar-refractivity contribution in [1.82, 2.24) is 19.5 Å². The molecule has 2 N–H and O–H groups in total. The molecule has 0 bridgehead atoms. The Kier molecular flexibility index (Phi) is 7.00. The summed E-state index contributed by atoms with van der Waals surface area (Å²) in [7, 11) is -4.05. The van der Waals surface area contributed by atoms with Crippen LogP contribution in [0.3, 0.4) is 0 Å². The molecule has 0 unspecified atom stereocenters. The van der Waals surface area contributed by atoms with Crippen LogP contribution in [0, 0.1) is 0 Å². The van der Waals surface area contributed by atoms with Gasteiger partial charge in [-0.05, 0) is 75.6 Å². The van der Waals surface area contributed by atoms with Crippen LogP contribution >= 0.6 is 11.6 Å². The number of halogens is 1. The number of imidazole rings is 1. The molecular formula is C30H29BClN5O5S. The van der Waals surface area contributed by atoms with Gasteiger partial charge < -0.3 is 14.3 Å². The fourth-order valence-electron chi connectivity index (χ4n) is 4.84. The van der Waals surface area contributed by atoms with Crippen LogP contribution in [0.5, 0.6) is 0 Å². The summed E-state index contributed by atoms with van der Waals surface area (Å²) in [6.07, 6.45) is 1.08. The monoisotopic (exact) mass is 617 g/mol. The molecule has 0 spiro atoms. The predicted octanol–water partition coefficient (Wildman–Crippen LogP) is 4.77. The summed E-state index contributed by atoms with van der Waals surface area (Å²) >= 11 is 6.14. The summed E-state index contributed by atoms with van der Waals surface area (Å²) in [6, 6.07) is 21.3. The molecule has 1 fully saturated rings. The Balaban J connectivity index is 1.48. The molecule has 0 atom stereocenters. The van der Waals surface area contributed by atoms with E-state index in [9.17, 15) is 13.2 Å². The molecule has 0 radical (unpaired) electrons. The minimum Gasteiger partial charge on any atom is -0.399 e. The number of nitrogens with one attached hydrogen (secondary N) is 2. The van der Waals surface area contributed by atoms with Gasteiger partial charge >= 0.3 is 7.12 Å². The van der Waals surface area contributed by atoms with Crippen LogP contribution in [0.4, 0.5) is 5.69 Å². The lowest BCUT2D eigenvalue weighted by molar-refractivity contribution is 0.00578. The van der Waals surface area contributed by atoms with Crippen LogP contribution in [0.25, 0.3) is 39.6 Å². The zero-order valence-electron chi connectivity index (χ0n) is 24.2. The quantitative estimate of drug-likeness (QED) is 0.263. The summed E-state index contributed by atoms with van der Waals surface area (Å²) in [5, 5.41) is 0.549. The van der Waals surface area contributed by atoms with Crippen LogP contribution < -0.4 is 15.7 Å². The molecule has 2 aromatic heterocycles. The van der Waals surface area contributed by atoms with E-state index < -0.39 is 33.9 Å². The second kappa shape index (κ2) is 10.3. The molecule has 13 heteroatoms. The second-order valence-corrected chi connectivity index (χ2v) is 13.7. The van der Waals surface area contributed by atoms with E-state index in [2.05, 4.69) is 14.7 Å². The highest BCUT2D eigenvalue weighted by Crippen LogP contribution is 2.36. The molecule has 1 aliphatic heterocycles. The summed E-state index contributed by atoms with van der Waals surface area (Å²) in [5.74, 6) is 0.779. The number of hydrogen-bond donors (Lipinski definition) is 2. The molecular weight excluding hydrogens is 589 g/mol. The molecule has 220 valence electrons. The topological polar surface area (TPSA) is 128 Å². The fraction of sp³-hybridized carbons (Fsp3) is 0.233. The highest BCUT2D eigenvalue weighted by molar-refractivity contribution is 7.92. The van der Waals surface area contributed by atoms with E-state index in [4.69, 9.17) is 25.9 Å². The van der Waals surface area contributed by atoms with E-state index >= 15 is 0 Å². The standard InChI is InChI=1S/C30H29BClN5O5S/c1-29(2)30(3,4)42-31(41-29)20-13-9-18(10-14-20)25-34-27-24(28(38)35-25)33-26(19-11-15-21(32)16-12-19)37(27)23-8-6-7-22(17-23)36-43(5,39)40/h6-17,36H,1-5H3,(H,34,35,38). The SMILES string of the molecule is CC1(C)OB(c2ccc(-c3nc4c(nc(-c5ccc(Cl)cc5)n4-c4cccc(NS(C)(=O)=O)c4)c(=O)[nH]3)cc2)OC1(C)C. The van der Waals surface area contributed by atoms with Gasteiger partial charge in [0, 0.05) is 16.1 Å². The van der Waals surface area contributed by atoms with E-state index in [0.29, 0.717) is 44.8 Å².